The summed E-state index contributed by atoms with van der Waals surface area (Å²) in [4.78, 5) is 1.30. The Bertz CT molecular complexity index is 304. The second kappa shape index (κ2) is 5.92. The molecule has 1 aromatic heterocycles. The van der Waals surface area contributed by atoms with Crippen LogP contribution in [0.25, 0.3) is 0 Å². The van der Waals surface area contributed by atoms with Gasteiger partial charge in [-0.2, -0.15) is 11.8 Å². The Morgan fingerprint density at radius 2 is 2.47 bits per heavy atom. The van der Waals surface area contributed by atoms with Gasteiger partial charge >= 0.3 is 0 Å². The maximum Gasteiger partial charge on any atom is 0.107 e. The predicted octanol–water partition coefficient (Wildman–Crippen LogP) is 4.15. The summed E-state index contributed by atoms with van der Waals surface area (Å²) in [5.74, 6) is 1.34. The summed E-state index contributed by atoms with van der Waals surface area (Å²) < 4.78 is 1.86. The first kappa shape index (κ1) is 12.2. The van der Waals surface area contributed by atoms with E-state index in [1.54, 1.807) is 11.3 Å². The molecular formula is C10H13BrClNS2. The molecule has 1 aromatic rings. The summed E-state index contributed by atoms with van der Waals surface area (Å²) in [5.41, 5.74) is 0. The second-order valence-electron chi connectivity index (χ2n) is 3.60. The molecule has 0 amide bonds. The molecule has 1 atom stereocenters. The summed E-state index contributed by atoms with van der Waals surface area (Å²) in [6, 6.07) is 2.10. The van der Waals surface area contributed by atoms with E-state index in [1.165, 1.54) is 23.5 Å². The smallest absolute Gasteiger partial charge is 0.107 e. The van der Waals surface area contributed by atoms with Crippen LogP contribution in [0.1, 0.15) is 17.7 Å². The van der Waals surface area contributed by atoms with Gasteiger partial charge in [-0.3, -0.25) is 0 Å². The van der Waals surface area contributed by atoms with Gasteiger partial charge < -0.3 is 5.32 Å². The molecule has 2 heterocycles. The monoisotopic (exact) mass is 325 g/mol. The molecule has 1 nitrogen and oxygen atoms in total. The Balaban J connectivity index is 1.73. The van der Waals surface area contributed by atoms with Gasteiger partial charge in [0.15, 0.2) is 0 Å². The van der Waals surface area contributed by atoms with Crippen LogP contribution in [0.2, 0.25) is 4.34 Å². The van der Waals surface area contributed by atoms with Crippen LogP contribution in [0.15, 0.2) is 10.5 Å². The van der Waals surface area contributed by atoms with Gasteiger partial charge in [0.25, 0.3) is 0 Å². The van der Waals surface area contributed by atoms with E-state index in [1.807, 2.05) is 0 Å². The fraction of sp³-hybridized carbons (Fsp3) is 0.600. The van der Waals surface area contributed by atoms with E-state index < -0.39 is 0 Å². The van der Waals surface area contributed by atoms with E-state index in [9.17, 15) is 0 Å². The Kier molecular flexibility index (Phi) is 4.83. The fourth-order valence-electron chi connectivity index (χ4n) is 1.64. The van der Waals surface area contributed by atoms with E-state index >= 15 is 0 Å². The first-order valence-corrected chi connectivity index (χ1v) is 8.05. The lowest BCUT2D eigenvalue weighted by Gasteiger charge is -2.08. The molecule has 1 aliphatic rings. The van der Waals surface area contributed by atoms with Crippen LogP contribution in [0.5, 0.6) is 0 Å². The molecule has 0 aliphatic carbocycles. The normalized spacial score (nSPS) is 21.1. The van der Waals surface area contributed by atoms with Gasteiger partial charge in [-0.25, -0.2) is 0 Å². The van der Waals surface area contributed by atoms with Crippen LogP contribution < -0.4 is 5.32 Å². The molecule has 5 heteroatoms. The molecule has 84 valence electrons. The van der Waals surface area contributed by atoms with Crippen molar-refractivity contribution in [3.8, 4) is 0 Å². The lowest BCUT2D eigenvalue weighted by atomic mass is 10.2. The maximum atomic E-state index is 5.98. The van der Waals surface area contributed by atoms with Crippen molar-refractivity contribution >= 4 is 50.6 Å². The van der Waals surface area contributed by atoms with Gasteiger partial charge in [0, 0.05) is 27.7 Å². The third-order valence-corrected chi connectivity index (χ3v) is 6.26. The highest BCUT2D eigenvalue weighted by atomic mass is 79.9. The van der Waals surface area contributed by atoms with Gasteiger partial charge in [0.1, 0.15) is 4.34 Å². The standard InChI is InChI=1S/C10H13BrClNS2/c11-9-4-8(15-10(9)12)6-13-5-7-2-1-3-14-7/h4,7,13H,1-3,5-6H2. The third-order valence-electron chi connectivity index (χ3n) is 2.39. The Morgan fingerprint density at radius 3 is 3.07 bits per heavy atom. The first-order chi connectivity index (χ1) is 7.25. The number of hydrogen-bond acceptors (Lipinski definition) is 3. The Labute approximate surface area is 112 Å². The van der Waals surface area contributed by atoms with Crippen molar-refractivity contribution in [1.29, 1.82) is 0 Å². The van der Waals surface area contributed by atoms with E-state index in [4.69, 9.17) is 11.6 Å². The molecule has 0 aromatic carbocycles. The number of thiophene rings is 1. The molecule has 15 heavy (non-hydrogen) atoms. The summed E-state index contributed by atoms with van der Waals surface area (Å²) in [7, 11) is 0. The number of rotatable bonds is 4. The molecule has 2 rings (SSSR count). The fourth-order valence-corrected chi connectivity index (χ4v) is 4.64. The van der Waals surface area contributed by atoms with E-state index in [0.717, 1.165) is 27.1 Å². The molecule has 1 N–H and O–H groups in total. The predicted molar refractivity (Wildman–Crippen MR) is 74.2 cm³/mol. The van der Waals surface area contributed by atoms with Gasteiger partial charge in [0.2, 0.25) is 0 Å². The molecule has 1 saturated heterocycles. The zero-order valence-electron chi connectivity index (χ0n) is 8.26. The summed E-state index contributed by atoms with van der Waals surface area (Å²) in [6.07, 6.45) is 2.75. The van der Waals surface area contributed by atoms with Crippen molar-refractivity contribution < 1.29 is 0 Å². The molecule has 0 bridgehead atoms. The molecule has 1 unspecified atom stereocenters. The van der Waals surface area contributed by atoms with E-state index in [0.29, 0.717) is 0 Å². The minimum Gasteiger partial charge on any atom is -0.311 e. The van der Waals surface area contributed by atoms with Crippen LogP contribution >= 0.6 is 50.6 Å². The average molecular weight is 327 g/mol. The lowest BCUT2D eigenvalue weighted by molar-refractivity contribution is 0.650. The third kappa shape index (κ3) is 3.63. The van der Waals surface area contributed by atoms with Crippen molar-refractivity contribution in [2.24, 2.45) is 0 Å². The Morgan fingerprint density at radius 1 is 1.60 bits per heavy atom. The minimum atomic E-state index is 0.823. The average Bonchev–Trinajstić information content (AvgIpc) is 2.79. The maximum absolute atomic E-state index is 5.98. The van der Waals surface area contributed by atoms with Crippen LogP contribution in [-0.2, 0) is 6.54 Å². The lowest BCUT2D eigenvalue weighted by Crippen LogP contribution is -2.22. The topological polar surface area (TPSA) is 12.0 Å². The largest absolute Gasteiger partial charge is 0.311 e. The zero-order chi connectivity index (χ0) is 10.7. The Hall–Kier alpha value is 0.780. The van der Waals surface area contributed by atoms with Gasteiger partial charge in [-0.1, -0.05) is 11.6 Å². The van der Waals surface area contributed by atoms with Crippen LogP contribution in [0.4, 0.5) is 0 Å². The molecule has 0 spiro atoms. The van der Waals surface area contributed by atoms with E-state index in [-0.39, 0.29) is 0 Å². The molecule has 0 saturated carbocycles. The number of halogens is 2. The molecule has 1 aliphatic heterocycles. The highest BCUT2D eigenvalue weighted by Crippen LogP contribution is 2.32. The summed E-state index contributed by atoms with van der Waals surface area (Å²) in [6.45, 7) is 2.06. The van der Waals surface area contributed by atoms with E-state index in [2.05, 4.69) is 39.1 Å². The zero-order valence-corrected chi connectivity index (χ0v) is 12.2. The summed E-state index contributed by atoms with van der Waals surface area (Å²) in [5, 5.41) is 4.32. The van der Waals surface area contributed by atoms with Gasteiger partial charge in [-0.15, -0.1) is 11.3 Å². The van der Waals surface area contributed by atoms with Crippen molar-refractivity contribution in [3.63, 3.8) is 0 Å². The quantitative estimate of drug-likeness (QED) is 0.892. The number of hydrogen-bond donors (Lipinski definition) is 1. The second-order valence-corrected chi connectivity index (χ2v) is 7.60. The highest BCUT2D eigenvalue weighted by molar-refractivity contribution is 9.10. The molecule has 1 fully saturated rings. The van der Waals surface area contributed by atoms with Gasteiger partial charge in [-0.05, 0) is 40.6 Å². The van der Waals surface area contributed by atoms with Crippen molar-refractivity contribution in [2.75, 3.05) is 12.3 Å². The van der Waals surface area contributed by atoms with Gasteiger partial charge in [0.05, 0.1) is 0 Å². The molecular weight excluding hydrogens is 314 g/mol. The number of nitrogens with one attached hydrogen (secondary N) is 1. The van der Waals surface area contributed by atoms with Crippen LogP contribution in [0, 0.1) is 0 Å². The van der Waals surface area contributed by atoms with Crippen LogP contribution in [-0.4, -0.2) is 17.5 Å². The minimum absolute atomic E-state index is 0.823. The highest BCUT2D eigenvalue weighted by Gasteiger charge is 2.14. The van der Waals surface area contributed by atoms with Crippen molar-refractivity contribution in [3.05, 3.63) is 19.8 Å². The van der Waals surface area contributed by atoms with Crippen LogP contribution in [0.3, 0.4) is 0 Å². The van der Waals surface area contributed by atoms with Crippen molar-refractivity contribution in [2.45, 2.75) is 24.6 Å². The van der Waals surface area contributed by atoms with Crippen molar-refractivity contribution in [1.82, 2.24) is 5.32 Å². The molecule has 0 radical (unpaired) electrons. The SMILES string of the molecule is Clc1sc(CNCC2CCCS2)cc1Br. The summed E-state index contributed by atoms with van der Waals surface area (Å²) >= 11 is 13.1. The number of thioether (sulfide) groups is 1. The first-order valence-electron chi connectivity index (χ1n) is 5.02.